The summed E-state index contributed by atoms with van der Waals surface area (Å²) in [5, 5.41) is 2.83. The van der Waals surface area contributed by atoms with E-state index in [2.05, 4.69) is 10.3 Å². The highest BCUT2D eigenvalue weighted by molar-refractivity contribution is 6.08. The molecule has 20 heavy (non-hydrogen) atoms. The van der Waals surface area contributed by atoms with Gasteiger partial charge < -0.3 is 5.32 Å². The lowest BCUT2D eigenvalue weighted by molar-refractivity contribution is -0.134. The van der Waals surface area contributed by atoms with Gasteiger partial charge in [-0.2, -0.15) is 0 Å². The molecule has 2 heterocycles. The predicted octanol–water partition coefficient (Wildman–Crippen LogP) is 1.66. The Morgan fingerprint density at radius 3 is 2.60 bits per heavy atom. The minimum absolute atomic E-state index is 0.0566. The number of piperazine rings is 1. The van der Waals surface area contributed by atoms with Gasteiger partial charge in [0.1, 0.15) is 12.1 Å². The zero-order chi connectivity index (χ0) is 14.9. The normalized spacial score (nSPS) is 23.1. The van der Waals surface area contributed by atoms with Gasteiger partial charge in [0.25, 0.3) is 5.91 Å². The van der Waals surface area contributed by atoms with Crippen molar-refractivity contribution in [2.24, 2.45) is 5.92 Å². The maximum Gasteiger partial charge on any atom is 0.250 e. The van der Waals surface area contributed by atoms with Crippen LogP contribution in [-0.4, -0.2) is 28.9 Å². The number of nitrogens with one attached hydrogen (secondary N) is 1. The second-order valence-electron chi connectivity index (χ2n) is 5.58. The summed E-state index contributed by atoms with van der Waals surface area (Å²) in [5.41, 5.74) is 1.67. The molecule has 2 unspecified atom stereocenters. The van der Waals surface area contributed by atoms with Gasteiger partial charge in [-0.1, -0.05) is 20.8 Å². The third-order valence-corrected chi connectivity index (χ3v) is 3.61. The van der Waals surface area contributed by atoms with Crippen LogP contribution in [0.25, 0.3) is 0 Å². The molecule has 5 nitrogen and oxygen atoms in total. The van der Waals surface area contributed by atoms with E-state index in [1.54, 1.807) is 17.3 Å². The van der Waals surface area contributed by atoms with Crippen molar-refractivity contribution in [1.29, 1.82) is 0 Å². The van der Waals surface area contributed by atoms with E-state index in [1.165, 1.54) is 0 Å². The molecule has 1 N–H and O–H groups in total. The van der Waals surface area contributed by atoms with E-state index in [9.17, 15) is 9.59 Å². The number of amides is 2. The van der Waals surface area contributed by atoms with Gasteiger partial charge >= 0.3 is 0 Å². The fraction of sp³-hybridized carbons (Fsp3) is 0.533. The van der Waals surface area contributed by atoms with Crippen molar-refractivity contribution in [3.63, 3.8) is 0 Å². The maximum absolute atomic E-state index is 12.7. The SMILES string of the molecule is CCC1C(=O)NC(C(C)C)C(=O)N1c1cncc(C)c1. The molecule has 1 aliphatic rings. The molecule has 1 aliphatic heterocycles. The second-order valence-corrected chi connectivity index (χ2v) is 5.58. The molecular weight excluding hydrogens is 254 g/mol. The van der Waals surface area contributed by atoms with Crippen LogP contribution in [0.2, 0.25) is 0 Å². The fourth-order valence-electron chi connectivity index (χ4n) is 2.53. The number of carbonyl (C=O) groups is 2. The number of anilines is 1. The Morgan fingerprint density at radius 2 is 2.05 bits per heavy atom. The molecular formula is C15H21N3O2. The Bertz CT molecular complexity index is 528. The van der Waals surface area contributed by atoms with E-state index in [0.29, 0.717) is 12.1 Å². The highest BCUT2D eigenvalue weighted by atomic mass is 16.2. The topological polar surface area (TPSA) is 62.3 Å². The Balaban J connectivity index is 2.44. The zero-order valence-electron chi connectivity index (χ0n) is 12.4. The molecule has 2 rings (SSSR count). The van der Waals surface area contributed by atoms with Crippen molar-refractivity contribution in [1.82, 2.24) is 10.3 Å². The molecule has 1 aromatic heterocycles. The fourth-order valence-corrected chi connectivity index (χ4v) is 2.53. The molecule has 2 amide bonds. The molecule has 0 saturated carbocycles. The van der Waals surface area contributed by atoms with Crippen molar-refractivity contribution in [3.05, 3.63) is 24.0 Å². The number of pyridine rings is 1. The van der Waals surface area contributed by atoms with Crippen LogP contribution in [0.3, 0.4) is 0 Å². The van der Waals surface area contributed by atoms with Crippen LogP contribution in [0.5, 0.6) is 0 Å². The van der Waals surface area contributed by atoms with E-state index in [-0.39, 0.29) is 17.7 Å². The Kier molecular flexibility index (Phi) is 4.06. The van der Waals surface area contributed by atoms with Crippen LogP contribution < -0.4 is 10.2 Å². The maximum atomic E-state index is 12.7. The van der Waals surface area contributed by atoms with E-state index in [4.69, 9.17) is 0 Å². The summed E-state index contributed by atoms with van der Waals surface area (Å²) in [6.07, 6.45) is 3.96. The number of hydrogen-bond acceptors (Lipinski definition) is 3. The van der Waals surface area contributed by atoms with Gasteiger partial charge in [-0.3, -0.25) is 19.5 Å². The number of nitrogens with zero attached hydrogens (tertiary/aromatic N) is 2. The highest BCUT2D eigenvalue weighted by Crippen LogP contribution is 2.25. The summed E-state index contributed by atoms with van der Waals surface area (Å²) < 4.78 is 0. The van der Waals surface area contributed by atoms with Gasteiger partial charge in [-0.25, -0.2) is 0 Å². The molecule has 1 fully saturated rings. The number of aromatic nitrogens is 1. The van der Waals surface area contributed by atoms with Gasteiger partial charge in [0.05, 0.1) is 11.9 Å². The van der Waals surface area contributed by atoms with Crippen LogP contribution >= 0.6 is 0 Å². The summed E-state index contributed by atoms with van der Waals surface area (Å²) in [7, 11) is 0. The molecule has 0 spiro atoms. The van der Waals surface area contributed by atoms with E-state index in [1.807, 2.05) is 33.8 Å². The lowest BCUT2D eigenvalue weighted by atomic mass is 9.96. The van der Waals surface area contributed by atoms with Crippen LogP contribution in [0, 0.1) is 12.8 Å². The minimum atomic E-state index is -0.467. The average molecular weight is 275 g/mol. The lowest BCUT2D eigenvalue weighted by Gasteiger charge is -2.39. The first-order valence-electron chi connectivity index (χ1n) is 7.00. The third kappa shape index (κ3) is 2.53. The van der Waals surface area contributed by atoms with Gasteiger partial charge in [0, 0.05) is 6.20 Å². The van der Waals surface area contributed by atoms with Crippen molar-refractivity contribution >= 4 is 17.5 Å². The molecule has 0 radical (unpaired) electrons. The summed E-state index contributed by atoms with van der Waals surface area (Å²) >= 11 is 0. The van der Waals surface area contributed by atoms with Crippen molar-refractivity contribution in [3.8, 4) is 0 Å². The van der Waals surface area contributed by atoms with Crippen molar-refractivity contribution in [2.45, 2.75) is 46.2 Å². The van der Waals surface area contributed by atoms with Crippen LogP contribution in [0.15, 0.2) is 18.5 Å². The number of carbonyl (C=O) groups excluding carboxylic acids is 2. The molecule has 2 atom stereocenters. The largest absolute Gasteiger partial charge is 0.342 e. The van der Waals surface area contributed by atoms with Crippen LogP contribution in [-0.2, 0) is 9.59 Å². The molecule has 108 valence electrons. The number of rotatable bonds is 3. The molecule has 5 heteroatoms. The molecule has 0 bridgehead atoms. The summed E-state index contributed by atoms with van der Waals surface area (Å²) in [4.78, 5) is 30.6. The van der Waals surface area contributed by atoms with Gasteiger partial charge in [0.15, 0.2) is 0 Å². The molecule has 1 saturated heterocycles. The standard InChI is InChI=1S/C15H21N3O2/c1-5-12-14(19)17-13(9(2)3)15(20)18(12)11-6-10(4)7-16-8-11/h6-9,12-13H,5H2,1-4H3,(H,17,19). The van der Waals surface area contributed by atoms with Crippen LogP contribution in [0.4, 0.5) is 5.69 Å². The molecule has 0 aromatic carbocycles. The monoisotopic (exact) mass is 275 g/mol. The summed E-state index contributed by atoms with van der Waals surface area (Å²) in [5.74, 6) is -0.0873. The number of aryl methyl sites for hydroxylation is 1. The Hall–Kier alpha value is -1.91. The van der Waals surface area contributed by atoms with Gasteiger partial charge in [0.2, 0.25) is 5.91 Å². The van der Waals surface area contributed by atoms with E-state index >= 15 is 0 Å². The van der Waals surface area contributed by atoms with Crippen molar-refractivity contribution < 1.29 is 9.59 Å². The molecule has 1 aromatic rings. The summed E-state index contributed by atoms with van der Waals surface area (Å²) in [6.45, 7) is 7.69. The first-order chi connectivity index (χ1) is 9.45. The Morgan fingerprint density at radius 1 is 1.35 bits per heavy atom. The smallest absolute Gasteiger partial charge is 0.250 e. The first kappa shape index (κ1) is 14.5. The van der Waals surface area contributed by atoms with E-state index in [0.717, 1.165) is 5.56 Å². The van der Waals surface area contributed by atoms with Gasteiger partial charge in [-0.05, 0) is 30.9 Å². The zero-order valence-corrected chi connectivity index (χ0v) is 12.4. The summed E-state index contributed by atoms with van der Waals surface area (Å²) in [6, 6.07) is 0.968. The second kappa shape index (κ2) is 5.61. The minimum Gasteiger partial charge on any atom is -0.342 e. The third-order valence-electron chi connectivity index (χ3n) is 3.61. The lowest BCUT2D eigenvalue weighted by Crippen LogP contribution is -2.65. The quantitative estimate of drug-likeness (QED) is 0.912. The van der Waals surface area contributed by atoms with Crippen LogP contribution in [0.1, 0.15) is 32.8 Å². The van der Waals surface area contributed by atoms with Crippen molar-refractivity contribution in [2.75, 3.05) is 4.90 Å². The highest BCUT2D eigenvalue weighted by Gasteiger charge is 2.41. The predicted molar refractivity (Wildman–Crippen MR) is 77.3 cm³/mol. The average Bonchev–Trinajstić information content (AvgIpc) is 2.40. The first-order valence-corrected chi connectivity index (χ1v) is 7.00. The number of hydrogen-bond donors (Lipinski definition) is 1. The Labute approximate surface area is 119 Å². The van der Waals surface area contributed by atoms with Gasteiger partial charge in [-0.15, -0.1) is 0 Å². The van der Waals surface area contributed by atoms with E-state index < -0.39 is 12.1 Å². The molecule has 0 aliphatic carbocycles.